The van der Waals surface area contributed by atoms with Gasteiger partial charge in [0.05, 0.1) is 6.42 Å². The molecule has 19 heavy (non-hydrogen) atoms. The van der Waals surface area contributed by atoms with Gasteiger partial charge in [-0.25, -0.2) is 0 Å². The minimum Gasteiger partial charge on any atom is -0.488 e. The van der Waals surface area contributed by atoms with Crippen molar-refractivity contribution in [2.24, 2.45) is 0 Å². The van der Waals surface area contributed by atoms with Crippen LogP contribution in [0.25, 0.3) is 0 Å². The molecule has 0 fully saturated rings. The highest BCUT2D eigenvalue weighted by Gasteiger charge is 2.13. The SMILES string of the molecule is CCN(CC)C(=O)Cc1ccc(OC(C)(C)C)cc1. The molecule has 0 saturated carbocycles. The molecular weight excluding hydrogens is 238 g/mol. The van der Waals surface area contributed by atoms with Crippen molar-refractivity contribution in [3.8, 4) is 5.75 Å². The molecule has 3 nitrogen and oxygen atoms in total. The van der Waals surface area contributed by atoms with E-state index in [0.717, 1.165) is 24.4 Å². The average molecular weight is 263 g/mol. The van der Waals surface area contributed by atoms with Crippen molar-refractivity contribution in [3.63, 3.8) is 0 Å². The van der Waals surface area contributed by atoms with Crippen molar-refractivity contribution in [1.82, 2.24) is 4.90 Å². The maximum absolute atomic E-state index is 12.0. The summed E-state index contributed by atoms with van der Waals surface area (Å²) in [5, 5.41) is 0. The third-order valence-corrected chi connectivity index (χ3v) is 2.82. The quantitative estimate of drug-likeness (QED) is 0.816. The Kier molecular flexibility index (Phi) is 5.40. The van der Waals surface area contributed by atoms with Gasteiger partial charge in [-0.3, -0.25) is 4.79 Å². The summed E-state index contributed by atoms with van der Waals surface area (Å²) in [6.45, 7) is 11.6. The number of benzene rings is 1. The second kappa shape index (κ2) is 6.60. The summed E-state index contributed by atoms with van der Waals surface area (Å²) >= 11 is 0. The van der Waals surface area contributed by atoms with E-state index in [0.29, 0.717) is 6.42 Å². The summed E-state index contributed by atoms with van der Waals surface area (Å²) in [5.41, 5.74) is 0.830. The predicted molar refractivity (Wildman–Crippen MR) is 78.5 cm³/mol. The first kappa shape index (κ1) is 15.5. The number of ether oxygens (including phenoxy) is 1. The first-order valence-electron chi connectivity index (χ1n) is 6.91. The molecule has 106 valence electrons. The molecule has 0 atom stereocenters. The molecule has 1 amide bonds. The Morgan fingerprint density at radius 3 is 2.05 bits per heavy atom. The van der Waals surface area contributed by atoms with Gasteiger partial charge in [-0.15, -0.1) is 0 Å². The third kappa shape index (κ3) is 5.33. The Bertz CT molecular complexity index is 400. The lowest BCUT2D eigenvalue weighted by Crippen LogP contribution is -2.31. The average Bonchev–Trinajstić information content (AvgIpc) is 2.31. The number of rotatable bonds is 5. The van der Waals surface area contributed by atoms with E-state index in [1.54, 1.807) is 0 Å². The summed E-state index contributed by atoms with van der Waals surface area (Å²) < 4.78 is 5.76. The smallest absolute Gasteiger partial charge is 0.226 e. The minimum atomic E-state index is -0.196. The van der Waals surface area contributed by atoms with E-state index in [-0.39, 0.29) is 11.5 Å². The lowest BCUT2D eigenvalue weighted by atomic mass is 10.1. The molecule has 1 aromatic rings. The standard InChI is InChI=1S/C16H25NO2/c1-6-17(7-2)15(18)12-13-8-10-14(11-9-13)19-16(3,4)5/h8-11H,6-7,12H2,1-5H3. The number of hydrogen-bond donors (Lipinski definition) is 0. The zero-order valence-corrected chi connectivity index (χ0v) is 12.7. The number of nitrogens with zero attached hydrogens (tertiary/aromatic N) is 1. The molecule has 1 rings (SSSR count). The van der Waals surface area contributed by atoms with Crippen LogP contribution in [0.1, 0.15) is 40.2 Å². The summed E-state index contributed by atoms with van der Waals surface area (Å²) in [6.07, 6.45) is 0.456. The lowest BCUT2D eigenvalue weighted by molar-refractivity contribution is -0.130. The number of likely N-dealkylation sites (N-methyl/N-ethyl adjacent to an activating group) is 1. The zero-order chi connectivity index (χ0) is 14.5. The highest BCUT2D eigenvalue weighted by molar-refractivity contribution is 5.78. The summed E-state index contributed by atoms with van der Waals surface area (Å²) in [5.74, 6) is 1.01. The largest absolute Gasteiger partial charge is 0.488 e. The van der Waals surface area contributed by atoms with Crippen LogP contribution in [-0.4, -0.2) is 29.5 Å². The Morgan fingerprint density at radius 2 is 1.63 bits per heavy atom. The fraction of sp³-hybridized carbons (Fsp3) is 0.562. The first-order chi connectivity index (χ1) is 8.85. The van der Waals surface area contributed by atoms with Crippen molar-refractivity contribution < 1.29 is 9.53 Å². The fourth-order valence-electron chi connectivity index (χ4n) is 1.89. The second-order valence-corrected chi connectivity index (χ2v) is 5.60. The van der Waals surface area contributed by atoms with E-state index in [4.69, 9.17) is 4.74 Å². The maximum Gasteiger partial charge on any atom is 0.226 e. The van der Waals surface area contributed by atoms with E-state index in [1.807, 2.05) is 63.8 Å². The van der Waals surface area contributed by atoms with Gasteiger partial charge in [0, 0.05) is 13.1 Å². The minimum absolute atomic E-state index is 0.175. The monoisotopic (exact) mass is 263 g/mol. The van der Waals surface area contributed by atoms with Crippen molar-refractivity contribution in [2.45, 2.75) is 46.6 Å². The van der Waals surface area contributed by atoms with E-state index < -0.39 is 0 Å². The van der Waals surface area contributed by atoms with Crippen LogP contribution in [0, 0.1) is 0 Å². The maximum atomic E-state index is 12.0. The molecule has 0 unspecified atom stereocenters. The Balaban J connectivity index is 2.64. The van der Waals surface area contributed by atoms with E-state index >= 15 is 0 Å². The van der Waals surface area contributed by atoms with Gasteiger partial charge in [0.25, 0.3) is 0 Å². The Hall–Kier alpha value is -1.51. The van der Waals surface area contributed by atoms with Crippen LogP contribution < -0.4 is 4.74 Å². The van der Waals surface area contributed by atoms with Gasteiger partial charge in [0.2, 0.25) is 5.91 Å². The molecule has 1 aromatic carbocycles. The van der Waals surface area contributed by atoms with Crippen LogP contribution >= 0.6 is 0 Å². The Morgan fingerprint density at radius 1 is 1.11 bits per heavy atom. The van der Waals surface area contributed by atoms with Gasteiger partial charge >= 0.3 is 0 Å². The van der Waals surface area contributed by atoms with E-state index in [1.165, 1.54) is 0 Å². The van der Waals surface area contributed by atoms with Crippen LogP contribution in [0.4, 0.5) is 0 Å². The van der Waals surface area contributed by atoms with Gasteiger partial charge in [-0.2, -0.15) is 0 Å². The molecule has 0 N–H and O–H groups in total. The van der Waals surface area contributed by atoms with Crippen LogP contribution in [0.3, 0.4) is 0 Å². The molecule has 3 heteroatoms. The molecule has 0 aliphatic heterocycles. The zero-order valence-electron chi connectivity index (χ0n) is 12.7. The van der Waals surface area contributed by atoms with E-state index in [9.17, 15) is 4.79 Å². The second-order valence-electron chi connectivity index (χ2n) is 5.60. The van der Waals surface area contributed by atoms with E-state index in [2.05, 4.69) is 0 Å². The summed E-state index contributed by atoms with van der Waals surface area (Å²) in [6, 6.07) is 7.77. The normalized spacial score (nSPS) is 11.2. The van der Waals surface area contributed by atoms with Crippen molar-refractivity contribution in [3.05, 3.63) is 29.8 Å². The van der Waals surface area contributed by atoms with Gasteiger partial charge in [0.1, 0.15) is 11.4 Å². The lowest BCUT2D eigenvalue weighted by Gasteiger charge is -2.21. The van der Waals surface area contributed by atoms with Crippen LogP contribution in [-0.2, 0) is 11.2 Å². The number of carbonyl (C=O) groups excluding carboxylic acids is 1. The van der Waals surface area contributed by atoms with Crippen LogP contribution in [0.5, 0.6) is 5.75 Å². The molecule has 0 bridgehead atoms. The fourth-order valence-corrected chi connectivity index (χ4v) is 1.89. The number of amides is 1. The van der Waals surface area contributed by atoms with Crippen LogP contribution in [0.2, 0.25) is 0 Å². The third-order valence-electron chi connectivity index (χ3n) is 2.82. The molecular formula is C16H25NO2. The highest BCUT2D eigenvalue weighted by atomic mass is 16.5. The molecule has 0 saturated heterocycles. The van der Waals surface area contributed by atoms with Gasteiger partial charge < -0.3 is 9.64 Å². The molecule has 0 aliphatic carbocycles. The topological polar surface area (TPSA) is 29.5 Å². The molecule has 0 radical (unpaired) electrons. The van der Waals surface area contributed by atoms with Crippen molar-refractivity contribution >= 4 is 5.91 Å². The highest BCUT2D eigenvalue weighted by Crippen LogP contribution is 2.18. The number of hydrogen-bond acceptors (Lipinski definition) is 2. The van der Waals surface area contributed by atoms with Gasteiger partial charge in [0.15, 0.2) is 0 Å². The summed E-state index contributed by atoms with van der Waals surface area (Å²) in [7, 11) is 0. The van der Waals surface area contributed by atoms with Crippen molar-refractivity contribution in [2.75, 3.05) is 13.1 Å². The molecule has 0 aliphatic rings. The van der Waals surface area contributed by atoms with Gasteiger partial charge in [-0.05, 0) is 52.3 Å². The Labute approximate surface area is 116 Å². The first-order valence-corrected chi connectivity index (χ1v) is 6.91. The van der Waals surface area contributed by atoms with Gasteiger partial charge in [-0.1, -0.05) is 12.1 Å². The predicted octanol–water partition coefficient (Wildman–Crippen LogP) is 3.27. The number of carbonyl (C=O) groups is 1. The summed E-state index contributed by atoms with van der Waals surface area (Å²) in [4.78, 5) is 13.8. The molecule has 0 heterocycles. The molecule has 0 spiro atoms. The molecule has 0 aromatic heterocycles. The van der Waals surface area contributed by atoms with Crippen LogP contribution in [0.15, 0.2) is 24.3 Å². The van der Waals surface area contributed by atoms with Crippen molar-refractivity contribution in [1.29, 1.82) is 0 Å².